The van der Waals surface area contributed by atoms with Crippen molar-refractivity contribution in [1.82, 2.24) is 15.3 Å². The average molecular weight is 225 g/mol. The van der Waals surface area contributed by atoms with Gasteiger partial charge in [0, 0.05) is 12.1 Å². The fourth-order valence-electron chi connectivity index (χ4n) is 1.53. The Morgan fingerprint density at radius 2 is 2.06 bits per heavy atom. The highest BCUT2D eigenvalue weighted by Crippen LogP contribution is 2.16. The molecule has 0 aliphatic heterocycles. The number of benzene rings is 1. The van der Waals surface area contributed by atoms with Gasteiger partial charge in [0.1, 0.15) is 5.82 Å². The second kappa shape index (κ2) is 4.57. The van der Waals surface area contributed by atoms with Crippen molar-refractivity contribution in [1.29, 1.82) is 0 Å². The highest BCUT2D eigenvalue weighted by Gasteiger charge is 2.08. The maximum absolute atomic E-state index is 12.9. The summed E-state index contributed by atoms with van der Waals surface area (Å²) in [5.74, 6) is -1.04. The third-order valence-corrected chi connectivity index (χ3v) is 2.29. The first-order chi connectivity index (χ1) is 7.70. The van der Waals surface area contributed by atoms with Gasteiger partial charge >= 0.3 is 0 Å². The third kappa shape index (κ3) is 2.19. The van der Waals surface area contributed by atoms with Crippen LogP contribution in [0.2, 0.25) is 0 Å². The molecule has 0 atom stereocenters. The lowest BCUT2D eigenvalue weighted by atomic mass is 10.3. The first-order valence-electron chi connectivity index (χ1n) is 5.25. The van der Waals surface area contributed by atoms with Crippen LogP contribution in [0.25, 0.3) is 11.0 Å². The van der Waals surface area contributed by atoms with Crippen molar-refractivity contribution < 1.29 is 8.78 Å². The lowest BCUT2D eigenvalue weighted by Crippen LogP contribution is -2.14. The second-order valence-electron chi connectivity index (χ2n) is 3.64. The van der Waals surface area contributed by atoms with E-state index in [-0.39, 0.29) is 0 Å². The van der Waals surface area contributed by atoms with Gasteiger partial charge in [-0.05, 0) is 13.0 Å². The molecule has 2 aromatic rings. The van der Waals surface area contributed by atoms with Crippen LogP contribution in [0.5, 0.6) is 0 Å². The predicted octanol–water partition coefficient (Wildman–Crippen LogP) is 2.34. The number of nitrogens with one attached hydrogen (secondary N) is 2. The summed E-state index contributed by atoms with van der Waals surface area (Å²) in [5.41, 5.74) is 0.972. The molecule has 2 N–H and O–H groups in total. The molecule has 16 heavy (non-hydrogen) atoms. The Labute approximate surface area is 91.9 Å². The molecule has 1 aromatic heterocycles. The maximum atomic E-state index is 12.9. The Bertz CT molecular complexity index is 454. The van der Waals surface area contributed by atoms with Crippen molar-refractivity contribution in [2.75, 3.05) is 6.54 Å². The van der Waals surface area contributed by atoms with Crippen LogP contribution < -0.4 is 5.32 Å². The SMILES string of the molecule is CCCNCc1nc2cc(F)c(F)cc2[nH]1. The van der Waals surface area contributed by atoms with Gasteiger partial charge < -0.3 is 10.3 Å². The zero-order chi connectivity index (χ0) is 11.5. The molecule has 1 heterocycles. The fourth-order valence-corrected chi connectivity index (χ4v) is 1.53. The van der Waals surface area contributed by atoms with Crippen molar-refractivity contribution in [2.24, 2.45) is 0 Å². The number of fused-ring (bicyclic) bond motifs is 1. The van der Waals surface area contributed by atoms with E-state index in [1.807, 2.05) is 0 Å². The van der Waals surface area contributed by atoms with Crippen LogP contribution in [0.4, 0.5) is 8.78 Å². The molecule has 86 valence electrons. The highest BCUT2D eigenvalue weighted by atomic mass is 19.2. The number of hydrogen-bond acceptors (Lipinski definition) is 2. The van der Waals surface area contributed by atoms with Crippen molar-refractivity contribution in [3.05, 3.63) is 29.6 Å². The van der Waals surface area contributed by atoms with Crippen molar-refractivity contribution >= 4 is 11.0 Å². The van der Waals surface area contributed by atoms with Gasteiger partial charge in [-0.2, -0.15) is 0 Å². The number of rotatable bonds is 4. The van der Waals surface area contributed by atoms with E-state index in [1.54, 1.807) is 0 Å². The number of aromatic nitrogens is 2. The molecule has 3 nitrogen and oxygen atoms in total. The summed E-state index contributed by atoms with van der Waals surface area (Å²) >= 11 is 0. The Hall–Kier alpha value is -1.49. The van der Waals surface area contributed by atoms with E-state index < -0.39 is 11.6 Å². The highest BCUT2D eigenvalue weighted by molar-refractivity contribution is 5.75. The minimum atomic E-state index is -0.868. The van der Waals surface area contributed by atoms with Crippen LogP contribution in [0.3, 0.4) is 0 Å². The minimum absolute atomic E-state index is 0.451. The number of aromatic amines is 1. The van der Waals surface area contributed by atoms with Crippen LogP contribution >= 0.6 is 0 Å². The molecule has 0 aliphatic rings. The molecule has 1 aromatic carbocycles. The lowest BCUT2D eigenvalue weighted by Gasteiger charge is -1.97. The molecule has 0 spiro atoms. The van der Waals surface area contributed by atoms with E-state index >= 15 is 0 Å². The van der Waals surface area contributed by atoms with Gasteiger partial charge in [-0.1, -0.05) is 6.92 Å². The molecule has 2 rings (SSSR count). The van der Waals surface area contributed by atoms with E-state index in [0.717, 1.165) is 25.1 Å². The van der Waals surface area contributed by atoms with Crippen LogP contribution in [0, 0.1) is 11.6 Å². The molecule has 0 saturated heterocycles. The maximum Gasteiger partial charge on any atom is 0.161 e. The van der Waals surface area contributed by atoms with Gasteiger partial charge in [-0.15, -0.1) is 0 Å². The van der Waals surface area contributed by atoms with Crippen LogP contribution in [-0.4, -0.2) is 16.5 Å². The molecular formula is C11H13F2N3. The fraction of sp³-hybridized carbons (Fsp3) is 0.364. The van der Waals surface area contributed by atoms with Crippen LogP contribution in [-0.2, 0) is 6.54 Å². The number of H-pyrrole nitrogens is 1. The Morgan fingerprint density at radius 1 is 1.31 bits per heavy atom. The molecular weight excluding hydrogens is 212 g/mol. The minimum Gasteiger partial charge on any atom is -0.341 e. The first kappa shape index (κ1) is 11.0. The van der Waals surface area contributed by atoms with Gasteiger partial charge in [0.15, 0.2) is 11.6 Å². The van der Waals surface area contributed by atoms with E-state index in [2.05, 4.69) is 22.2 Å². The summed E-state index contributed by atoms with van der Waals surface area (Å²) in [6.07, 6.45) is 1.03. The molecule has 0 saturated carbocycles. The molecule has 0 fully saturated rings. The topological polar surface area (TPSA) is 40.7 Å². The van der Waals surface area contributed by atoms with E-state index in [1.165, 1.54) is 0 Å². The number of nitrogens with zero attached hydrogens (tertiary/aromatic N) is 1. The smallest absolute Gasteiger partial charge is 0.161 e. The Balaban J connectivity index is 2.23. The first-order valence-corrected chi connectivity index (χ1v) is 5.25. The average Bonchev–Trinajstić information content (AvgIpc) is 2.61. The molecule has 5 heteroatoms. The summed E-state index contributed by atoms with van der Waals surface area (Å²) in [6, 6.07) is 2.23. The largest absolute Gasteiger partial charge is 0.341 e. The second-order valence-corrected chi connectivity index (χ2v) is 3.64. The van der Waals surface area contributed by atoms with Gasteiger partial charge in [0.25, 0.3) is 0 Å². The molecule has 0 unspecified atom stereocenters. The Kier molecular flexibility index (Phi) is 3.14. The summed E-state index contributed by atoms with van der Waals surface area (Å²) < 4.78 is 25.8. The summed E-state index contributed by atoms with van der Waals surface area (Å²) in [5, 5.41) is 3.16. The summed E-state index contributed by atoms with van der Waals surface area (Å²) in [6.45, 7) is 3.53. The molecule has 0 aliphatic carbocycles. The zero-order valence-corrected chi connectivity index (χ0v) is 8.98. The molecule has 0 bridgehead atoms. The van der Waals surface area contributed by atoms with Crippen molar-refractivity contribution in [3.8, 4) is 0 Å². The zero-order valence-electron chi connectivity index (χ0n) is 8.98. The van der Waals surface area contributed by atoms with E-state index in [9.17, 15) is 8.78 Å². The van der Waals surface area contributed by atoms with Gasteiger partial charge in [0.2, 0.25) is 0 Å². The lowest BCUT2D eigenvalue weighted by molar-refractivity contribution is 0.510. The van der Waals surface area contributed by atoms with Gasteiger partial charge in [-0.25, -0.2) is 13.8 Å². The molecule has 0 radical (unpaired) electrons. The van der Waals surface area contributed by atoms with Gasteiger partial charge in [0.05, 0.1) is 17.6 Å². The quantitative estimate of drug-likeness (QED) is 0.784. The predicted molar refractivity (Wildman–Crippen MR) is 58.0 cm³/mol. The van der Waals surface area contributed by atoms with Crippen LogP contribution in [0.15, 0.2) is 12.1 Å². The van der Waals surface area contributed by atoms with Crippen molar-refractivity contribution in [3.63, 3.8) is 0 Å². The third-order valence-electron chi connectivity index (χ3n) is 2.29. The van der Waals surface area contributed by atoms with Crippen molar-refractivity contribution in [2.45, 2.75) is 19.9 Å². The van der Waals surface area contributed by atoms with E-state index in [4.69, 9.17) is 0 Å². The summed E-state index contributed by atoms with van der Waals surface area (Å²) in [7, 11) is 0. The van der Waals surface area contributed by atoms with Gasteiger partial charge in [-0.3, -0.25) is 0 Å². The number of hydrogen-bond donors (Lipinski definition) is 2. The normalized spacial score (nSPS) is 11.2. The number of halogens is 2. The van der Waals surface area contributed by atoms with Crippen LogP contribution in [0.1, 0.15) is 19.2 Å². The number of imidazole rings is 1. The standard InChI is InChI=1S/C11H13F2N3/c1-2-3-14-6-11-15-9-4-7(12)8(13)5-10(9)16-11/h4-5,14H,2-3,6H2,1H3,(H,15,16). The summed E-state index contributed by atoms with van der Waals surface area (Å²) in [4.78, 5) is 7.10. The Morgan fingerprint density at radius 3 is 2.81 bits per heavy atom. The molecule has 0 amide bonds. The van der Waals surface area contributed by atoms with E-state index in [0.29, 0.717) is 23.4 Å². The monoisotopic (exact) mass is 225 g/mol.